The molecule has 0 saturated heterocycles. The predicted octanol–water partition coefficient (Wildman–Crippen LogP) is 7.25. The Bertz CT molecular complexity index is 1750. The van der Waals surface area contributed by atoms with E-state index in [1.165, 1.54) is 9.36 Å². The Kier molecular flexibility index (Phi) is 7.17. The van der Waals surface area contributed by atoms with Gasteiger partial charge in [0.05, 0.1) is 45.3 Å². The molecule has 2 heterocycles. The molecule has 0 unspecified atom stereocenters. The van der Waals surface area contributed by atoms with Gasteiger partial charge in [0.1, 0.15) is 0 Å². The first-order chi connectivity index (χ1) is 20.5. The summed E-state index contributed by atoms with van der Waals surface area (Å²) < 4.78 is 3.02. The highest BCUT2D eigenvalue weighted by molar-refractivity contribution is 5.87. The summed E-state index contributed by atoms with van der Waals surface area (Å²) >= 11 is 0. The third kappa shape index (κ3) is 5.33. The first-order valence-electron chi connectivity index (χ1n) is 13.4. The van der Waals surface area contributed by atoms with E-state index in [1.54, 1.807) is 12.4 Å². The SMILES string of the molecule is Cc1nn(-c2ccccc2)c(O)c1C=Nc1ccc(-c2ccc(N=Cc3c(C)nn(-c4ccccc4)c3O)cc2)cc1. The zero-order chi connectivity index (χ0) is 29.1. The molecular formula is C34H28N6O2. The molecular weight excluding hydrogens is 524 g/mol. The van der Waals surface area contributed by atoms with Crippen LogP contribution in [-0.2, 0) is 0 Å². The Morgan fingerprint density at radius 2 is 0.881 bits per heavy atom. The van der Waals surface area contributed by atoms with E-state index in [0.717, 1.165) is 33.9 Å². The van der Waals surface area contributed by atoms with Gasteiger partial charge in [-0.25, -0.2) is 9.36 Å². The van der Waals surface area contributed by atoms with Crippen molar-refractivity contribution in [2.75, 3.05) is 0 Å². The van der Waals surface area contributed by atoms with Gasteiger partial charge >= 0.3 is 0 Å². The first-order valence-corrected chi connectivity index (χ1v) is 13.4. The molecule has 8 nitrogen and oxygen atoms in total. The molecule has 2 N–H and O–H groups in total. The van der Waals surface area contributed by atoms with Gasteiger partial charge in [-0.2, -0.15) is 10.2 Å². The van der Waals surface area contributed by atoms with E-state index in [2.05, 4.69) is 20.2 Å². The van der Waals surface area contributed by atoms with E-state index in [0.29, 0.717) is 22.5 Å². The number of hydrogen-bond donors (Lipinski definition) is 2. The zero-order valence-corrected chi connectivity index (χ0v) is 23.1. The van der Waals surface area contributed by atoms with Gasteiger partial charge in [-0.05, 0) is 73.5 Å². The number of nitrogens with zero attached hydrogens (tertiary/aromatic N) is 6. The van der Waals surface area contributed by atoms with Crippen LogP contribution in [0, 0.1) is 13.8 Å². The summed E-state index contributed by atoms with van der Waals surface area (Å²) in [5.74, 6) is 0.106. The molecule has 0 fully saturated rings. The maximum Gasteiger partial charge on any atom is 0.223 e. The molecule has 0 aliphatic heterocycles. The Hall–Kier alpha value is -5.76. The average molecular weight is 553 g/mol. The van der Waals surface area contributed by atoms with Crippen LogP contribution in [0.1, 0.15) is 22.5 Å². The van der Waals surface area contributed by atoms with E-state index in [9.17, 15) is 10.2 Å². The number of aromatic hydroxyl groups is 2. The van der Waals surface area contributed by atoms with Crippen molar-refractivity contribution in [2.24, 2.45) is 9.98 Å². The molecule has 8 heteroatoms. The van der Waals surface area contributed by atoms with Gasteiger partial charge in [0.2, 0.25) is 11.8 Å². The number of rotatable bonds is 7. The van der Waals surface area contributed by atoms with Crippen molar-refractivity contribution in [3.63, 3.8) is 0 Å². The van der Waals surface area contributed by atoms with Crippen molar-refractivity contribution in [1.82, 2.24) is 19.6 Å². The Morgan fingerprint density at radius 3 is 1.24 bits per heavy atom. The van der Waals surface area contributed by atoms with Crippen molar-refractivity contribution >= 4 is 23.8 Å². The summed E-state index contributed by atoms with van der Waals surface area (Å²) in [4.78, 5) is 9.12. The molecule has 0 aliphatic carbocycles. The van der Waals surface area contributed by atoms with E-state index in [-0.39, 0.29) is 11.8 Å². The third-order valence-electron chi connectivity index (χ3n) is 6.92. The van der Waals surface area contributed by atoms with Gasteiger partial charge in [-0.15, -0.1) is 0 Å². The van der Waals surface area contributed by atoms with E-state index in [1.807, 2.05) is 123 Å². The molecule has 0 atom stereocenters. The lowest BCUT2D eigenvalue weighted by Gasteiger charge is -2.03. The molecule has 0 amide bonds. The topological polar surface area (TPSA) is 101 Å². The Balaban J connectivity index is 1.15. The minimum absolute atomic E-state index is 0.0530. The predicted molar refractivity (Wildman–Crippen MR) is 166 cm³/mol. The number of para-hydroxylation sites is 2. The second-order valence-corrected chi connectivity index (χ2v) is 9.75. The normalized spacial score (nSPS) is 11.6. The lowest BCUT2D eigenvalue weighted by molar-refractivity contribution is 0.432. The van der Waals surface area contributed by atoms with Crippen molar-refractivity contribution in [2.45, 2.75) is 13.8 Å². The fourth-order valence-corrected chi connectivity index (χ4v) is 4.61. The summed E-state index contributed by atoms with van der Waals surface area (Å²) in [5.41, 5.74) is 7.71. The van der Waals surface area contributed by atoms with Crippen LogP contribution in [0.25, 0.3) is 22.5 Å². The summed E-state index contributed by atoms with van der Waals surface area (Å²) in [6, 6.07) is 34.7. The first kappa shape index (κ1) is 26.5. The van der Waals surface area contributed by atoms with Gasteiger partial charge in [0, 0.05) is 12.4 Å². The van der Waals surface area contributed by atoms with E-state index < -0.39 is 0 Å². The lowest BCUT2D eigenvalue weighted by Crippen LogP contribution is -1.95. The zero-order valence-electron chi connectivity index (χ0n) is 23.1. The third-order valence-corrected chi connectivity index (χ3v) is 6.92. The van der Waals surface area contributed by atoms with E-state index in [4.69, 9.17) is 0 Å². The van der Waals surface area contributed by atoms with Crippen LogP contribution < -0.4 is 0 Å². The second-order valence-electron chi connectivity index (χ2n) is 9.75. The van der Waals surface area contributed by atoms with Crippen LogP contribution >= 0.6 is 0 Å². The largest absolute Gasteiger partial charge is 0.493 e. The Morgan fingerprint density at radius 1 is 0.524 bits per heavy atom. The minimum Gasteiger partial charge on any atom is -0.493 e. The lowest BCUT2D eigenvalue weighted by atomic mass is 10.1. The summed E-state index contributed by atoms with van der Waals surface area (Å²) in [5, 5.41) is 30.3. The molecule has 42 heavy (non-hydrogen) atoms. The molecule has 6 aromatic rings. The van der Waals surface area contributed by atoms with Crippen molar-refractivity contribution in [1.29, 1.82) is 0 Å². The summed E-state index contributed by atoms with van der Waals surface area (Å²) in [6.07, 6.45) is 3.28. The van der Waals surface area contributed by atoms with Gasteiger partial charge in [0.15, 0.2) is 0 Å². The fourth-order valence-electron chi connectivity index (χ4n) is 4.61. The quantitative estimate of drug-likeness (QED) is 0.204. The molecule has 0 spiro atoms. The molecule has 6 rings (SSSR count). The second kappa shape index (κ2) is 11.4. The number of aromatic nitrogens is 4. The molecule has 4 aromatic carbocycles. The van der Waals surface area contributed by atoms with Crippen LogP contribution in [0.2, 0.25) is 0 Å². The van der Waals surface area contributed by atoms with Crippen molar-refractivity contribution in [3.8, 4) is 34.3 Å². The van der Waals surface area contributed by atoms with Gasteiger partial charge in [0.25, 0.3) is 0 Å². The standard InChI is InChI=1S/C34H28N6O2/c1-23-31(33(41)39(37-23)29-9-5-3-6-10-29)21-35-27-17-13-25(14-18-27)26-15-19-28(20-16-26)36-22-32-24(2)38-40(34(32)42)30-11-7-4-8-12-30/h3-22,41-42H,1-2H3. The number of aliphatic imine (C=N–C) groups is 2. The minimum atomic E-state index is 0.0530. The summed E-state index contributed by atoms with van der Waals surface area (Å²) in [6.45, 7) is 3.69. The van der Waals surface area contributed by atoms with Crippen LogP contribution in [-0.4, -0.2) is 42.2 Å². The van der Waals surface area contributed by atoms with Crippen LogP contribution in [0.15, 0.2) is 119 Å². The highest BCUT2D eigenvalue weighted by atomic mass is 16.3. The van der Waals surface area contributed by atoms with Crippen molar-refractivity contribution < 1.29 is 10.2 Å². The maximum absolute atomic E-state index is 10.7. The molecule has 206 valence electrons. The van der Waals surface area contributed by atoms with Crippen LogP contribution in [0.4, 0.5) is 11.4 Å². The van der Waals surface area contributed by atoms with Gasteiger partial charge in [-0.3, -0.25) is 9.98 Å². The Labute approximate surface area is 243 Å². The van der Waals surface area contributed by atoms with Crippen LogP contribution in [0.5, 0.6) is 11.8 Å². The van der Waals surface area contributed by atoms with E-state index >= 15 is 0 Å². The molecule has 0 bridgehead atoms. The number of benzene rings is 4. The maximum atomic E-state index is 10.7. The molecule has 0 saturated carbocycles. The molecule has 2 aromatic heterocycles. The average Bonchev–Trinajstić information content (AvgIpc) is 3.48. The van der Waals surface area contributed by atoms with Gasteiger partial charge in [-0.1, -0.05) is 60.7 Å². The summed E-state index contributed by atoms with van der Waals surface area (Å²) in [7, 11) is 0. The molecule has 0 aliphatic rings. The highest BCUT2D eigenvalue weighted by Crippen LogP contribution is 2.28. The van der Waals surface area contributed by atoms with Crippen molar-refractivity contribution in [3.05, 3.63) is 132 Å². The number of aryl methyl sites for hydroxylation is 2. The fraction of sp³-hybridized carbons (Fsp3) is 0.0588. The highest BCUT2D eigenvalue weighted by Gasteiger charge is 2.15. The van der Waals surface area contributed by atoms with Crippen LogP contribution in [0.3, 0.4) is 0 Å². The van der Waals surface area contributed by atoms with Gasteiger partial charge < -0.3 is 10.2 Å². The smallest absolute Gasteiger partial charge is 0.223 e. The number of hydrogen-bond acceptors (Lipinski definition) is 6. The molecule has 0 radical (unpaired) electrons. The monoisotopic (exact) mass is 552 g/mol.